The van der Waals surface area contributed by atoms with Crippen LogP contribution < -0.4 is 10.2 Å². The van der Waals surface area contributed by atoms with E-state index in [1.54, 1.807) is 42.5 Å². The number of nitrogens with one attached hydrogen (secondary N) is 1. The second-order valence-electron chi connectivity index (χ2n) is 5.81. The van der Waals surface area contributed by atoms with Gasteiger partial charge in [-0.25, -0.2) is 9.82 Å². The number of carbonyl (C=O) groups is 1. The molecule has 1 N–H and O–H groups in total. The molecule has 0 unspecified atom stereocenters. The molecule has 0 fully saturated rings. The zero-order valence-corrected chi connectivity index (χ0v) is 16.0. The summed E-state index contributed by atoms with van der Waals surface area (Å²) in [4.78, 5) is 12.1. The molecule has 28 heavy (non-hydrogen) atoms. The third-order valence-electron chi connectivity index (χ3n) is 3.75. The van der Waals surface area contributed by atoms with Crippen molar-refractivity contribution < 1.29 is 13.9 Å². The summed E-state index contributed by atoms with van der Waals surface area (Å²) >= 11 is 11.8. The maximum Gasteiger partial charge on any atom is 0.272 e. The number of halogens is 3. The molecule has 3 aromatic rings. The number of amides is 1. The van der Waals surface area contributed by atoms with Crippen molar-refractivity contribution in [1.82, 2.24) is 5.43 Å². The number of ether oxygens (including phenoxy) is 1. The zero-order chi connectivity index (χ0) is 19.9. The van der Waals surface area contributed by atoms with Crippen LogP contribution in [0.1, 0.15) is 21.5 Å². The van der Waals surface area contributed by atoms with Crippen molar-refractivity contribution >= 4 is 35.3 Å². The molecule has 0 aromatic heterocycles. The number of hydrogen-bond acceptors (Lipinski definition) is 3. The number of hydrazone groups is 1. The Bertz CT molecular complexity index is 990. The molecule has 0 bridgehead atoms. The van der Waals surface area contributed by atoms with Gasteiger partial charge in [0.1, 0.15) is 18.2 Å². The second kappa shape index (κ2) is 9.35. The molecule has 0 spiro atoms. The van der Waals surface area contributed by atoms with E-state index in [-0.39, 0.29) is 16.4 Å². The van der Waals surface area contributed by atoms with Crippen molar-refractivity contribution in [2.45, 2.75) is 6.61 Å². The van der Waals surface area contributed by atoms with Crippen molar-refractivity contribution in [2.75, 3.05) is 0 Å². The van der Waals surface area contributed by atoms with Crippen molar-refractivity contribution in [3.63, 3.8) is 0 Å². The molecular weight excluding hydrogens is 402 g/mol. The van der Waals surface area contributed by atoms with Crippen LogP contribution in [0.5, 0.6) is 5.75 Å². The summed E-state index contributed by atoms with van der Waals surface area (Å²) in [6.45, 7) is 0.339. The molecule has 0 saturated heterocycles. The quantitative estimate of drug-likeness (QED) is 0.427. The summed E-state index contributed by atoms with van der Waals surface area (Å²) in [6, 6.07) is 17.9. The summed E-state index contributed by atoms with van der Waals surface area (Å²) in [5.74, 6) is -0.0477. The van der Waals surface area contributed by atoms with Gasteiger partial charge in [0.15, 0.2) is 0 Å². The number of nitrogens with zero attached hydrogens (tertiary/aromatic N) is 1. The SMILES string of the molecule is O=C(N/N=C/c1ccc(OCc2ccc(F)cc2)cc1)c1ccc(Cl)cc1Cl. The van der Waals surface area contributed by atoms with Crippen LogP contribution in [0.4, 0.5) is 4.39 Å². The predicted molar refractivity (Wildman–Crippen MR) is 109 cm³/mol. The molecule has 3 aromatic carbocycles. The first-order valence-corrected chi connectivity index (χ1v) is 9.02. The van der Waals surface area contributed by atoms with E-state index in [4.69, 9.17) is 27.9 Å². The first-order valence-electron chi connectivity index (χ1n) is 8.27. The van der Waals surface area contributed by atoms with Gasteiger partial charge in [-0.05, 0) is 65.7 Å². The highest BCUT2D eigenvalue weighted by atomic mass is 35.5. The Kier molecular flexibility index (Phi) is 6.63. The summed E-state index contributed by atoms with van der Waals surface area (Å²) in [6.07, 6.45) is 1.51. The smallest absolute Gasteiger partial charge is 0.272 e. The minimum Gasteiger partial charge on any atom is -0.489 e. The lowest BCUT2D eigenvalue weighted by atomic mass is 10.2. The average Bonchev–Trinajstić information content (AvgIpc) is 2.68. The molecule has 0 saturated carbocycles. The van der Waals surface area contributed by atoms with Gasteiger partial charge in [0.25, 0.3) is 5.91 Å². The number of benzene rings is 3. The Hall–Kier alpha value is -2.89. The normalized spacial score (nSPS) is 10.8. The number of carbonyl (C=O) groups excluding carboxylic acids is 1. The molecule has 7 heteroatoms. The van der Waals surface area contributed by atoms with E-state index < -0.39 is 5.91 Å². The first kappa shape index (κ1) is 19.9. The Morgan fingerprint density at radius 3 is 2.43 bits per heavy atom. The lowest BCUT2D eigenvalue weighted by molar-refractivity contribution is 0.0955. The molecular formula is C21H15Cl2FN2O2. The standard InChI is InChI=1S/C21H15Cl2FN2O2/c22-16-5-10-19(20(23)11-16)21(27)26-25-12-14-3-8-18(9-4-14)28-13-15-1-6-17(24)7-2-15/h1-12H,13H2,(H,26,27)/b25-12+. The third-order valence-corrected chi connectivity index (χ3v) is 4.30. The third kappa shape index (κ3) is 5.55. The van der Waals surface area contributed by atoms with E-state index in [0.29, 0.717) is 17.4 Å². The molecule has 1 amide bonds. The van der Waals surface area contributed by atoms with Gasteiger partial charge in [-0.3, -0.25) is 4.79 Å². The lowest BCUT2D eigenvalue weighted by Gasteiger charge is -2.06. The van der Waals surface area contributed by atoms with Gasteiger partial charge < -0.3 is 4.74 Å². The van der Waals surface area contributed by atoms with Crippen LogP contribution >= 0.6 is 23.2 Å². The van der Waals surface area contributed by atoms with Crippen molar-refractivity contribution in [3.05, 3.63) is 99.3 Å². The molecule has 0 aliphatic rings. The van der Waals surface area contributed by atoms with Crippen molar-refractivity contribution in [1.29, 1.82) is 0 Å². The molecule has 0 aliphatic carbocycles. The fourth-order valence-corrected chi connectivity index (χ4v) is 2.79. The fraction of sp³-hybridized carbons (Fsp3) is 0.0476. The highest BCUT2D eigenvalue weighted by molar-refractivity contribution is 6.36. The van der Waals surface area contributed by atoms with Crippen LogP contribution in [-0.4, -0.2) is 12.1 Å². The molecule has 3 rings (SSSR count). The Morgan fingerprint density at radius 2 is 1.75 bits per heavy atom. The van der Waals surface area contributed by atoms with E-state index in [1.807, 2.05) is 0 Å². The van der Waals surface area contributed by atoms with Gasteiger partial charge in [-0.15, -0.1) is 0 Å². The van der Waals surface area contributed by atoms with Gasteiger partial charge in [-0.1, -0.05) is 35.3 Å². The van der Waals surface area contributed by atoms with Gasteiger partial charge in [-0.2, -0.15) is 5.10 Å². The zero-order valence-electron chi connectivity index (χ0n) is 14.5. The summed E-state index contributed by atoms with van der Waals surface area (Å²) < 4.78 is 18.5. The molecule has 0 atom stereocenters. The van der Waals surface area contributed by atoms with Crippen LogP contribution in [0.25, 0.3) is 0 Å². The van der Waals surface area contributed by atoms with Crippen LogP contribution in [-0.2, 0) is 6.61 Å². The van der Waals surface area contributed by atoms with E-state index in [0.717, 1.165) is 11.1 Å². The predicted octanol–water partition coefficient (Wildman–Crippen LogP) is 5.48. The fourth-order valence-electron chi connectivity index (χ4n) is 2.30. The van der Waals surface area contributed by atoms with Crippen LogP contribution in [0.2, 0.25) is 10.0 Å². The molecule has 0 radical (unpaired) electrons. The van der Waals surface area contributed by atoms with Crippen LogP contribution in [0, 0.1) is 5.82 Å². The number of hydrogen-bond donors (Lipinski definition) is 1. The Balaban J connectivity index is 1.53. The van der Waals surface area contributed by atoms with E-state index in [1.165, 1.54) is 30.5 Å². The van der Waals surface area contributed by atoms with Gasteiger partial charge in [0.05, 0.1) is 16.8 Å². The van der Waals surface area contributed by atoms with Crippen molar-refractivity contribution in [3.8, 4) is 5.75 Å². The number of rotatable bonds is 6. The molecule has 0 aliphatic heterocycles. The Morgan fingerprint density at radius 1 is 1.04 bits per heavy atom. The van der Waals surface area contributed by atoms with Gasteiger partial charge >= 0.3 is 0 Å². The highest BCUT2D eigenvalue weighted by Gasteiger charge is 2.09. The lowest BCUT2D eigenvalue weighted by Crippen LogP contribution is -2.18. The maximum absolute atomic E-state index is 12.9. The van der Waals surface area contributed by atoms with Crippen molar-refractivity contribution in [2.24, 2.45) is 5.10 Å². The largest absolute Gasteiger partial charge is 0.489 e. The van der Waals surface area contributed by atoms with Crippen LogP contribution in [0.3, 0.4) is 0 Å². The molecule has 4 nitrogen and oxygen atoms in total. The van der Waals surface area contributed by atoms with Crippen LogP contribution in [0.15, 0.2) is 71.8 Å². The van der Waals surface area contributed by atoms with Gasteiger partial charge in [0, 0.05) is 5.02 Å². The second-order valence-corrected chi connectivity index (χ2v) is 6.65. The topological polar surface area (TPSA) is 50.7 Å². The average molecular weight is 417 g/mol. The molecule has 0 heterocycles. The van der Waals surface area contributed by atoms with Gasteiger partial charge in [0.2, 0.25) is 0 Å². The minimum atomic E-state index is -0.433. The monoisotopic (exact) mass is 416 g/mol. The maximum atomic E-state index is 12.9. The van der Waals surface area contributed by atoms with E-state index in [2.05, 4.69) is 10.5 Å². The Labute approximate surface area is 171 Å². The first-order chi connectivity index (χ1) is 13.5. The van der Waals surface area contributed by atoms with E-state index >= 15 is 0 Å². The summed E-state index contributed by atoms with van der Waals surface area (Å²) in [5, 5.41) is 4.62. The van der Waals surface area contributed by atoms with E-state index in [9.17, 15) is 9.18 Å². The highest BCUT2D eigenvalue weighted by Crippen LogP contribution is 2.20. The summed E-state index contributed by atoms with van der Waals surface area (Å²) in [7, 11) is 0. The minimum absolute atomic E-state index is 0.253. The summed E-state index contributed by atoms with van der Waals surface area (Å²) in [5.41, 5.74) is 4.35. The molecule has 142 valence electrons.